The van der Waals surface area contributed by atoms with E-state index in [-0.39, 0.29) is 17.4 Å². The van der Waals surface area contributed by atoms with Crippen LogP contribution < -0.4 is 0 Å². The van der Waals surface area contributed by atoms with Gasteiger partial charge in [-0.3, -0.25) is 4.79 Å². The third kappa shape index (κ3) is 3.25. The van der Waals surface area contributed by atoms with E-state index in [4.69, 9.17) is 5.10 Å². The maximum absolute atomic E-state index is 13.2. The summed E-state index contributed by atoms with van der Waals surface area (Å²) < 4.78 is 1.93. The molecule has 3 aromatic heterocycles. The quantitative estimate of drug-likeness (QED) is 0.667. The van der Waals surface area contributed by atoms with Gasteiger partial charge in [-0.05, 0) is 32.3 Å². The molecular weight excluding hydrogens is 358 g/mol. The molecule has 0 bridgehead atoms. The number of rotatable bonds is 2. The molecule has 7 heteroatoms. The van der Waals surface area contributed by atoms with Crippen molar-refractivity contribution in [3.05, 3.63) is 45.8 Å². The van der Waals surface area contributed by atoms with Crippen molar-refractivity contribution >= 4 is 22.9 Å². The summed E-state index contributed by atoms with van der Waals surface area (Å²) in [4.78, 5) is 24.7. The van der Waals surface area contributed by atoms with Crippen LogP contribution in [0.4, 0.5) is 0 Å². The lowest BCUT2D eigenvalue weighted by Gasteiger charge is -2.35. The lowest BCUT2D eigenvalue weighted by Crippen LogP contribution is -2.39. The van der Waals surface area contributed by atoms with Crippen LogP contribution in [0.1, 0.15) is 72.8 Å². The van der Waals surface area contributed by atoms with Crippen molar-refractivity contribution < 1.29 is 4.79 Å². The molecule has 0 aromatic carbocycles. The van der Waals surface area contributed by atoms with E-state index in [1.807, 2.05) is 34.7 Å². The van der Waals surface area contributed by atoms with E-state index in [0.717, 1.165) is 53.4 Å². The van der Waals surface area contributed by atoms with Crippen LogP contribution in [0.3, 0.4) is 0 Å². The van der Waals surface area contributed by atoms with Crippen molar-refractivity contribution in [2.75, 3.05) is 6.54 Å². The molecular formula is C20H25N5OS. The van der Waals surface area contributed by atoms with Crippen LogP contribution in [-0.4, -0.2) is 36.9 Å². The number of piperidine rings is 1. The van der Waals surface area contributed by atoms with Gasteiger partial charge < -0.3 is 4.90 Å². The van der Waals surface area contributed by atoms with Gasteiger partial charge in [-0.25, -0.2) is 14.5 Å². The van der Waals surface area contributed by atoms with E-state index >= 15 is 0 Å². The standard InChI is InChI=1S/C20H25N5OS/c1-13-18(27-12-22-13)19(26)24-10-6-5-7-14(24)15-8-9-21-17-11-16(20(2,3)4)23-25(15)17/h8-9,11-12,14H,5-7,10H2,1-4H3/t14-/m1/s1. The second-order valence-electron chi connectivity index (χ2n) is 8.20. The van der Waals surface area contributed by atoms with Gasteiger partial charge in [-0.15, -0.1) is 11.3 Å². The van der Waals surface area contributed by atoms with Crippen LogP contribution in [0.25, 0.3) is 5.65 Å². The molecule has 3 aromatic rings. The number of aryl methyl sites for hydroxylation is 1. The molecule has 142 valence electrons. The molecule has 1 aliphatic rings. The smallest absolute Gasteiger partial charge is 0.266 e. The molecule has 1 atom stereocenters. The largest absolute Gasteiger partial charge is 0.329 e. The highest BCUT2D eigenvalue weighted by Crippen LogP contribution is 2.34. The second-order valence-corrected chi connectivity index (χ2v) is 9.05. The van der Waals surface area contributed by atoms with Crippen molar-refractivity contribution in [2.24, 2.45) is 0 Å². The van der Waals surface area contributed by atoms with Crippen LogP contribution in [0.2, 0.25) is 0 Å². The van der Waals surface area contributed by atoms with Gasteiger partial charge in [0.25, 0.3) is 5.91 Å². The molecule has 27 heavy (non-hydrogen) atoms. The Balaban J connectivity index is 1.77. The minimum absolute atomic E-state index is 0.00553. The fourth-order valence-corrected chi connectivity index (χ4v) is 4.41. The maximum atomic E-state index is 13.2. The Morgan fingerprint density at radius 3 is 2.78 bits per heavy atom. The first kappa shape index (κ1) is 18.1. The van der Waals surface area contributed by atoms with Gasteiger partial charge in [-0.1, -0.05) is 20.8 Å². The Morgan fingerprint density at radius 2 is 2.07 bits per heavy atom. The van der Waals surface area contributed by atoms with Gasteiger partial charge in [-0.2, -0.15) is 5.10 Å². The van der Waals surface area contributed by atoms with Crippen molar-refractivity contribution in [2.45, 2.75) is 58.4 Å². The number of hydrogen-bond acceptors (Lipinski definition) is 5. The lowest BCUT2D eigenvalue weighted by molar-refractivity contribution is 0.0607. The summed E-state index contributed by atoms with van der Waals surface area (Å²) in [5, 5.41) is 4.84. The third-order valence-electron chi connectivity index (χ3n) is 5.20. The summed E-state index contributed by atoms with van der Waals surface area (Å²) in [7, 11) is 0. The van der Waals surface area contributed by atoms with Crippen LogP contribution in [0.5, 0.6) is 0 Å². The molecule has 0 aliphatic carbocycles. The summed E-state index contributed by atoms with van der Waals surface area (Å²) in [6.45, 7) is 9.11. The number of likely N-dealkylation sites (tertiary alicyclic amines) is 1. The van der Waals surface area contributed by atoms with E-state index < -0.39 is 0 Å². The van der Waals surface area contributed by atoms with E-state index in [0.29, 0.717) is 0 Å². The number of nitrogens with zero attached hydrogens (tertiary/aromatic N) is 5. The maximum Gasteiger partial charge on any atom is 0.266 e. The van der Waals surface area contributed by atoms with Crippen molar-refractivity contribution in [3.8, 4) is 0 Å². The molecule has 1 saturated heterocycles. The zero-order chi connectivity index (χ0) is 19.2. The van der Waals surface area contributed by atoms with Crippen molar-refractivity contribution in [1.82, 2.24) is 24.5 Å². The normalized spacial score (nSPS) is 18.2. The highest BCUT2D eigenvalue weighted by molar-refractivity contribution is 7.11. The summed E-state index contributed by atoms with van der Waals surface area (Å²) in [5.74, 6) is 0.0767. The third-order valence-corrected chi connectivity index (χ3v) is 6.12. The summed E-state index contributed by atoms with van der Waals surface area (Å²) >= 11 is 1.42. The predicted molar refractivity (Wildman–Crippen MR) is 106 cm³/mol. The number of amides is 1. The van der Waals surface area contributed by atoms with Crippen LogP contribution in [-0.2, 0) is 5.41 Å². The summed E-state index contributed by atoms with van der Waals surface area (Å²) in [6.07, 6.45) is 4.90. The Morgan fingerprint density at radius 1 is 1.26 bits per heavy atom. The van der Waals surface area contributed by atoms with Crippen LogP contribution in [0.15, 0.2) is 23.8 Å². The van der Waals surface area contributed by atoms with Gasteiger partial charge >= 0.3 is 0 Å². The molecule has 0 saturated carbocycles. The molecule has 4 rings (SSSR count). The van der Waals surface area contributed by atoms with E-state index in [1.54, 1.807) is 5.51 Å². The van der Waals surface area contributed by atoms with E-state index in [1.165, 1.54) is 11.3 Å². The number of thiazole rings is 1. The van der Waals surface area contributed by atoms with Crippen molar-refractivity contribution in [3.63, 3.8) is 0 Å². The molecule has 0 radical (unpaired) electrons. The topological polar surface area (TPSA) is 63.4 Å². The van der Waals surface area contributed by atoms with Gasteiger partial charge in [0, 0.05) is 24.2 Å². The Kier molecular flexibility index (Phi) is 4.50. The molecule has 0 unspecified atom stereocenters. The summed E-state index contributed by atoms with van der Waals surface area (Å²) in [5.41, 5.74) is 5.38. The molecule has 1 aliphatic heterocycles. The first-order valence-electron chi connectivity index (χ1n) is 9.42. The molecule has 0 spiro atoms. The first-order chi connectivity index (χ1) is 12.9. The van der Waals surface area contributed by atoms with Gasteiger partial charge in [0.2, 0.25) is 0 Å². The van der Waals surface area contributed by atoms with Gasteiger partial charge in [0.05, 0.1) is 28.6 Å². The zero-order valence-corrected chi connectivity index (χ0v) is 17.1. The number of carbonyl (C=O) groups excluding carboxylic acids is 1. The number of aromatic nitrogens is 4. The highest BCUT2D eigenvalue weighted by Gasteiger charge is 2.32. The average Bonchev–Trinajstić information content (AvgIpc) is 3.26. The lowest BCUT2D eigenvalue weighted by atomic mass is 9.93. The van der Waals surface area contributed by atoms with Gasteiger partial charge in [0.1, 0.15) is 4.88 Å². The molecule has 6 nitrogen and oxygen atoms in total. The summed E-state index contributed by atoms with van der Waals surface area (Å²) in [6, 6.07) is 4.06. The van der Waals surface area contributed by atoms with E-state index in [2.05, 4.69) is 30.7 Å². The zero-order valence-electron chi connectivity index (χ0n) is 16.3. The highest BCUT2D eigenvalue weighted by atomic mass is 32.1. The second kappa shape index (κ2) is 6.71. The minimum Gasteiger partial charge on any atom is -0.329 e. The minimum atomic E-state index is -0.0488. The average molecular weight is 384 g/mol. The first-order valence-corrected chi connectivity index (χ1v) is 10.3. The fraction of sp³-hybridized carbons (Fsp3) is 0.500. The van der Waals surface area contributed by atoms with Gasteiger partial charge in [0.15, 0.2) is 5.65 Å². The fourth-order valence-electron chi connectivity index (χ4n) is 3.65. The Hall–Kier alpha value is -2.28. The van der Waals surface area contributed by atoms with E-state index in [9.17, 15) is 4.79 Å². The molecule has 1 amide bonds. The predicted octanol–water partition coefficient (Wildman–Crippen LogP) is 4.16. The van der Waals surface area contributed by atoms with Crippen molar-refractivity contribution in [1.29, 1.82) is 0 Å². The number of hydrogen-bond donors (Lipinski definition) is 0. The number of carbonyl (C=O) groups is 1. The molecule has 0 N–H and O–H groups in total. The molecule has 1 fully saturated rings. The number of fused-ring (bicyclic) bond motifs is 1. The molecule has 4 heterocycles. The van der Waals surface area contributed by atoms with Crippen LogP contribution >= 0.6 is 11.3 Å². The Labute approximate surface area is 163 Å². The Bertz CT molecular complexity index is 984. The monoisotopic (exact) mass is 383 g/mol. The SMILES string of the molecule is Cc1ncsc1C(=O)N1CCCC[C@@H]1c1ccnc2cc(C(C)(C)C)nn12. The van der Waals surface area contributed by atoms with Crippen LogP contribution in [0, 0.1) is 6.92 Å².